The first-order valence-electron chi connectivity index (χ1n) is 7.09. The van der Waals surface area contributed by atoms with Crippen molar-refractivity contribution < 1.29 is 17.9 Å². The van der Waals surface area contributed by atoms with Crippen LogP contribution in [-0.2, 0) is 26.0 Å². The highest BCUT2D eigenvalue weighted by molar-refractivity contribution is 9.10. The summed E-state index contributed by atoms with van der Waals surface area (Å²) in [5, 5.41) is 0. The number of amides is 1. The summed E-state index contributed by atoms with van der Waals surface area (Å²) in [6, 6.07) is 3.47. The topological polar surface area (TPSA) is 66.9 Å². The molecule has 0 spiro atoms. The van der Waals surface area contributed by atoms with E-state index in [1.165, 1.54) is 11.2 Å². The van der Waals surface area contributed by atoms with E-state index in [9.17, 15) is 13.2 Å². The van der Waals surface area contributed by atoms with Crippen molar-refractivity contribution in [2.45, 2.75) is 18.2 Å². The molecular weight excluding hydrogens is 372 g/mol. The molecule has 0 atom stereocenters. The van der Waals surface area contributed by atoms with Crippen LogP contribution in [0.25, 0.3) is 0 Å². The van der Waals surface area contributed by atoms with Gasteiger partial charge in [0.1, 0.15) is 4.90 Å². The summed E-state index contributed by atoms with van der Waals surface area (Å²) in [6.45, 7) is 3.44. The molecule has 0 N–H and O–H groups in total. The zero-order chi connectivity index (χ0) is 15.9. The van der Waals surface area contributed by atoms with Crippen molar-refractivity contribution in [3.63, 3.8) is 0 Å². The Morgan fingerprint density at radius 3 is 2.55 bits per heavy atom. The first-order chi connectivity index (χ1) is 10.4. The maximum atomic E-state index is 13.0. The van der Waals surface area contributed by atoms with Gasteiger partial charge in [-0.3, -0.25) is 4.79 Å². The fraction of sp³-hybridized carbons (Fsp3) is 0.500. The number of rotatable bonds is 2. The van der Waals surface area contributed by atoms with Crippen molar-refractivity contribution in [2.75, 3.05) is 37.7 Å². The molecule has 2 aliphatic heterocycles. The molecule has 3 rings (SSSR count). The van der Waals surface area contributed by atoms with Gasteiger partial charge < -0.3 is 9.64 Å². The Morgan fingerprint density at radius 2 is 1.91 bits per heavy atom. The Balaban J connectivity index is 2.12. The molecule has 0 radical (unpaired) electrons. The van der Waals surface area contributed by atoms with Crippen LogP contribution >= 0.6 is 15.9 Å². The van der Waals surface area contributed by atoms with Gasteiger partial charge >= 0.3 is 0 Å². The van der Waals surface area contributed by atoms with Gasteiger partial charge in [0.2, 0.25) is 15.9 Å². The lowest BCUT2D eigenvalue weighted by Gasteiger charge is -2.28. The summed E-state index contributed by atoms with van der Waals surface area (Å²) in [4.78, 5) is 13.6. The molecule has 6 nitrogen and oxygen atoms in total. The van der Waals surface area contributed by atoms with Crippen molar-refractivity contribution in [2.24, 2.45) is 0 Å². The predicted octanol–water partition coefficient (Wildman–Crippen LogP) is 1.38. The normalized spacial score (nSPS) is 19.3. The summed E-state index contributed by atoms with van der Waals surface area (Å²) in [5.74, 6) is -0.139. The zero-order valence-electron chi connectivity index (χ0n) is 12.2. The van der Waals surface area contributed by atoms with Gasteiger partial charge in [-0.25, -0.2) is 8.42 Å². The van der Waals surface area contributed by atoms with Gasteiger partial charge in [0.25, 0.3) is 0 Å². The third kappa shape index (κ3) is 2.68. The van der Waals surface area contributed by atoms with Gasteiger partial charge in [0.15, 0.2) is 0 Å². The number of sulfonamides is 1. The highest BCUT2D eigenvalue weighted by atomic mass is 79.9. The van der Waals surface area contributed by atoms with Crippen molar-refractivity contribution in [1.82, 2.24) is 4.31 Å². The number of hydrogen-bond acceptors (Lipinski definition) is 4. The van der Waals surface area contributed by atoms with Crippen molar-refractivity contribution >= 4 is 37.5 Å². The largest absolute Gasteiger partial charge is 0.379 e. The Hall–Kier alpha value is -0.960. The lowest BCUT2D eigenvalue weighted by molar-refractivity contribution is -0.116. The van der Waals surface area contributed by atoms with Crippen LogP contribution in [0.4, 0.5) is 5.69 Å². The van der Waals surface area contributed by atoms with Crippen LogP contribution in [-0.4, -0.2) is 51.5 Å². The van der Waals surface area contributed by atoms with Crippen LogP contribution in [0.3, 0.4) is 0 Å². The third-order valence-electron chi connectivity index (χ3n) is 3.96. The Bertz CT molecular complexity index is 714. The van der Waals surface area contributed by atoms with E-state index in [1.807, 2.05) is 6.07 Å². The second-order valence-electron chi connectivity index (χ2n) is 5.35. The van der Waals surface area contributed by atoms with E-state index < -0.39 is 10.0 Å². The van der Waals surface area contributed by atoms with E-state index in [-0.39, 0.29) is 10.8 Å². The molecule has 1 fully saturated rings. The summed E-state index contributed by atoms with van der Waals surface area (Å²) < 4.78 is 33.3. The number of anilines is 1. The van der Waals surface area contributed by atoms with Gasteiger partial charge in [-0.15, -0.1) is 0 Å². The van der Waals surface area contributed by atoms with E-state index >= 15 is 0 Å². The molecular formula is C14H17BrN2O4S. The minimum absolute atomic E-state index is 0.139. The monoisotopic (exact) mass is 388 g/mol. The Kier molecular flexibility index (Phi) is 4.28. The van der Waals surface area contributed by atoms with Crippen LogP contribution in [0.5, 0.6) is 0 Å². The smallest absolute Gasteiger partial charge is 0.245 e. The van der Waals surface area contributed by atoms with E-state index in [2.05, 4.69) is 15.9 Å². The molecule has 0 bridgehead atoms. The molecule has 2 aliphatic rings. The second-order valence-corrected chi connectivity index (χ2v) is 8.17. The molecule has 22 heavy (non-hydrogen) atoms. The van der Waals surface area contributed by atoms with Gasteiger partial charge in [-0.1, -0.05) is 15.9 Å². The molecule has 1 aromatic rings. The quantitative estimate of drug-likeness (QED) is 0.767. The fourth-order valence-corrected chi connectivity index (χ4v) is 5.23. The summed E-state index contributed by atoms with van der Waals surface area (Å²) in [6.07, 6.45) is 0.667. The fourth-order valence-electron chi connectivity index (χ4n) is 2.91. The van der Waals surface area contributed by atoms with Crippen LogP contribution in [0.15, 0.2) is 21.5 Å². The number of carbonyl (C=O) groups excluding carboxylic acids is 1. The minimum atomic E-state index is -3.65. The number of carbonyl (C=O) groups is 1. The number of fused-ring (bicyclic) bond motifs is 1. The molecule has 0 aliphatic carbocycles. The third-order valence-corrected chi connectivity index (χ3v) is 6.33. The SMILES string of the molecule is CC(=O)N1CCc2cc(Br)cc(S(=O)(=O)N3CCOCC3)c21. The minimum Gasteiger partial charge on any atom is -0.379 e. The summed E-state index contributed by atoms with van der Waals surface area (Å²) in [7, 11) is -3.65. The van der Waals surface area contributed by atoms with Gasteiger partial charge in [-0.2, -0.15) is 4.31 Å². The number of ether oxygens (including phenoxy) is 1. The molecule has 1 saturated heterocycles. The highest BCUT2D eigenvalue weighted by Gasteiger charge is 2.35. The predicted molar refractivity (Wildman–Crippen MR) is 85.5 cm³/mol. The highest BCUT2D eigenvalue weighted by Crippen LogP contribution is 2.38. The molecule has 1 aromatic carbocycles. The molecule has 0 saturated carbocycles. The molecule has 8 heteroatoms. The molecule has 2 heterocycles. The van der Waals surface area contributed by atoms with E-state index in [1.54, 1.807) is 11.0 Å². The maximum Gasteiger partial charge on any atom is 0.245 e. The zero-order valence-corrected chi connectivity index (χ0v) is 14.6. The first-order valence-corrected chi connectivity index (χ1v) is 9.33. The Morgan fingerprint density at radius 1 is 1.23 bits per heavy atom. The van der Waals surface area contributed by atoms with Crippen LogP contribution in [0.2, 0.25) is 0 Å². The van der Waals surface area contributed by atoms with E-state index in [0.717, 1.165) is 5.56 Å². The molecule has 1 amide bonds. The Labute approximate surface area is 138 Å². The first kappa shape index (κ1) is 15.9. The molecule has 0 aromatic heterocycles. The van der Waals surface area contributed by atoms with Crippen LogP contribution in [0.1, 0.15) is 12.5 Å². The molecule has 0 unspecified atom stereocenters. The number of morpholine rings is 1. The molecule has 120 valence electrons. The lowest BCUT2D eigenvalue weighted by atomic mass is 10.2. The standard InChI is InChI=1S/C14H17BrN2O4S/c1-10(18)17-3-2-11-8-12(15)9-13(14(11)17)22(19,20)16-4-6-21-7-5-16/h8-9H,2-7H2,1H3. The number of hydrogen-bond donors (Lipinski definition) is 0. The van der Waals surface area contributed by atoms with Crippen LogP contribution < -0.4 is 4.90 Å². The number of halogens is 1. The van der Waals surface area contributed by atoms with Crippen molar-refractivity contribution in [3.8, 4) is 0 Å². The lowest BCUT2D eigenvalue weighted by Crippen LogP contribution is -2.41. The van der Waals surface area contributed by atoms with Crippen LogP contribution in [0, 0.1) is 0 Å². The maximum absolute atomic E-state index is 13.0. The van der Waals surface area contributed by atoms with E-state index in [4.69, 9.17) is 4.74 Å². The number of benzene rings is 1. The number of nitrogens with zero attached hydrogens (tertiary/aromatic N) is 2. The van der Waals surface area contributed by atoms with E-state index in [0.29, 0.717) is 49.4 Å². The summed E-state index contributed by atoms with van der Waals surface area (Å²) >= 11 is 3.38. The van der Waals surface area contributed by atoms with Gasteiger partial charge in [0, 0.05) is 31.0 Å². The average Bonchev–Trinajstić information content (AvgIpc) is 2.91. The second kappa shape index (κ2) is 5.92. The average molecular weight is 389 g/mol. The van der Waals surface area contributed by atoms with Gasteiger partial charge in [-0.05, 0) is 24.1 Å². The van der Waals surface area contributed by atoms with Crippen molar-refractivity contribution in [3.05, 3.63) is 22.2 Å². The van der Waals surface area contributed by atoms with Gasteiger partial charge in [0.05, 0.1) is 18.9 Å². The summed E-state index contributed by atoms with van der Waals surface area (Å²) in [5.41, 5.74) is 1.42. The van der Waals surface area contributed by atoms with Crippen molar-refractivity contribution in [1.29, 1.82) is 0 Å².